The summed E-state index contributed by atoms with van der Waals surface area (Å²) in [5.74, 6) is 1.53. The summed E-state index contributed by atoms with van der Waals surface area (Å²) < 4.78 is 12.2. The summed E-state index contributed by atoms with van der Waals surface area (Å²) in [7, 11) is 0. The van der Waals surface area contributed by atoms with Crippen LogP contribution < -0.4 is 9.47 Å². The third-order valence-electron chi connectivity index (χ3n) is 4.89. The van der Waals surface area contributed by atoms with E-state index in [1.807, 2.05) is 53.6 Å². The number of fused-ring (bicyclic) bond motifs is 1. The predicted molar refractivity (Wildman–Crippen MR) is 117 cm³/mol. The fourth-order valence-corrected chi connectivity index (χ4v) is 4.24. The summed E-state index contributed by atoms with van der Waals surface area (Å²) in [6, 6.07) is 13.8. The molecule has 2 heterocycles. The minimum absolute atomic E-state index is 0.121. The lowest BCUT2D eigenvalue weighted by Gasteiger charge is -2.20. The predicted octanol–water partition coefficient (Wildman–Crippen LogP) is 5.78. The molecule has 29 heavy (non-hydrogen) atoms. The fraction of sp³-hybridized carbons (Fsp3) is 0.261. The van der Waals surface area contributed by atoms with Crippen molar-refractivity contribution in [3.8, 4) is 22.6 Å². The van der Waals surface area contributed by atoms with Gasteiger partial charge in [0, 0.05) is 23.6 Å². The Morgan fingerprint density at radius 1 is 1.24 bits per heavy atom. The molecule has 4 nitrogen and oxygen atoms in total. The highest BCUT2D eigenvalue weighted by atomic mass is 35.5. The smallest absolute Gasteiger partial charge is 0.222 e. The van der Waals surface area contributed by atoms with E-state index in [0.29, 0.717) is 43.5 Å². The molecule has 0 fully saturated rings. The van der Waals surface area contributed by atoms with Crippen LogP contribution in [0.3, 0.4) is 0 Å². The zero-order valence-electron chi connectivity index (χ0n) is 16.2. The Balaban J connectivity index is 1.74. The molecule has 1 aromatic heterocycles. The molecule has 0 bridgehead atoms. The van der Waals surface area contributed by atoms with E-state index in [-0.39, 0.29) is 5.91 Å². The van der Waals surface area contributed by atoms with Crippen molar-refractivity contribution in [1.82, 2.24) is 4.90 Å². The number of ether oxygens (including phenoxy) is 2. The number of nitrogens with zero attached hydrogens (tertiary/aromatic N) is 1. The van der Waals surface area contributed by atoms with Crippen molar-refractivity contribution in [2.45, 2.75) is 26.5 Å². The molecule has 3 aromatic rings. The van der Waals surface area contributed by atoms with Crippen LogP contribution in [0.5, 0.6) is 11.5 Å². The third kappa shape index (κ3) is 4.57. The summed E-state index contributed by atoms with van der Waals surface area (Å²) in [6.45, 7) is 3.87. The SMILES string of the molecule is CCC(=O)N1CCOc2c(cc(-c3cccc(Cl)c3)cc2OCc2ccsc2)C1. The van der Waals surface area contributed by atoms with Crippen LogP contribution in [0.15, 0.2) is 53.2 Å². The highest BCUT2D eigenvalue weighted by Gasteiger charge is 2.23. The lowest BCUT2D eigenvalue weighted by atomic mass is 10.0. The molecule has 0 N–H and O–H groups in total. The van der Waals surface area contributed by atoms with Crippen LogP contribution in [0, 0.1) is 0 Å². The third-order valence-corrected chi connectivity index (χ3v) is 5.86. The first-order valence-electron chi connectivity index (χ1n) is 9.61. The van der Waals surface area contributed by atoms with E-state index in [1.165, 1.54) is 0 Å². The summed E-state index contributed by atoms with van der Waals surface area (Å²) in [5, 5.41) is 4.78. The van der Waals surface area contributed by atoms with E-state index < -0.39 is 0 Å². The second kappa shape index (κ2) is 8.89. The van der Waals surface area contributed by atoms with Gasteiger partial charge in [-0.2, -0.15) is 11.3 Å². The summed E-state index contributed by atoms with van der Waals surface area (Å²) in [6.07, 6.45) is 0.477. The zero-order chi connectivity index (χ0) is 20.2. The molecule has 2 aromatic carbocycles. The van der Waals surface area contributed by atoms with E-state index in [9.17, 15) is 4.79 Å². The number of carbonyl (C=O) groups excluding carboxylic acids is 1. The molecule has 0 radical (unpaired) electrons. The average Bonchev–Trinajstić information content (AvgIpc) is 3.16. The van der Waals surface area contributed by atoms with Crippen LogP contribution in [-0.4, -0.2) is 24.0 Å². The molecule has 0 saturated carbocycles. The number of halogens is 1. The highest BCUT2D eigenvalue weighted by Crippen LogP contribution is 2.39. The molecular formula is C23H22ClNO3S. The van der Waals surface area contributed by atoms with Crippen molar-refractivity contribution >= 4 is 28.8 Å². The Kier molecular flexibility index (Phi) is 6.07. The maximum Gasteiger partial charge on any atom is 0.222 e. The molecule has 1 amide bonds. The van der Waals surface area contributed by atoms with Gasteiger partial charge in [0.05, 0.1) is 6.54 Å². The highest BCUT2D eigenvalue weighted by molar-refractivity contribution is 7.07. The Bertz CT molecular complexity index is 1000. The van der Waals surface area contributed by atoms with E-state index >= 15 is 0 Å². The largest absolute Gasteiger partial charge is 0.487 e. The number of hydrogen-bond donors (Lipinski definition) is 0. The van der Waals surface area contributed by atoms with Crippen molar-refractivity contribution in [2.24, 2.45) is 0 Å². The summed E-state index contributed by atoms with van der Waals surface area (Å²) in [5.41, 5.74) is 4.05. The van der Waals surface area contributed by atoms with Crippen LogP contribution in [0.25, 0.3) is 11.1 Å². The van der Waals surface area contributed by atoms with Gasteiger partial charge in [0.15, 0.2) is 11.5 Å². The molecule has 6 heteroatoms. The van der Waals surface area contributed by atoms with Gasteiger partial charge in [-0.1, -0.05) is 30.7 Å². The minimum Gasteiger partial charge on any atom is -0.487 e. The van der Waals surface area contributed by atoms with Crippen molar-refractivity contribution < 1.29 is 14.3 Å². The average molecular weight is 428 g/mol. The second-order valence-electron chi connectivity index (χ2n) is 6.91. The van der Waals surface area contributed by atoms with Crippen LogP contribution in [0.1, 0.15) is 24.5 Å². The molecular weight excluding hydrogens is 406 g/mol. The van der Waals surface area contributed by atoms with Crippen molar-refractivity contribution in [1.29, 1.82) is 0 Å². The van der Waals surface area contributed by atoms with Gasteiger partial charge in [0.2, 0.25) is 5.91 Å². The first kappa shape index (κ1) is 19.8. The Labute approximate surface area is 179 Å². The first-order chi connectivity index (χ1) is 14.1. The molecule has 0 unspecified atom stereocenters. The monoisotopic (exact) mass is 427 g/mol. The van der Waals surface area contributed by atoms with Crippen LogP contribution in [0.2, 0.25) is 5.02 Å². The molecule has 0 aliphatic carbocycles. The lowest BCUT2D eigenvalue weighted by Crippen LogP contribution is -2.31. The molecule has 0 spiro atoms. The summed E-state index contributed by atoms with van der Waals surface area (Å²) >= 11 is 7.85. The van der Waals surface area contributed by atoms with Crippen LogP contribution in [0.4, 0.5) is 0 Å². The second-order valence-corrected chi connectivity index (χ2v) is 8.13. The molecule has 0 saturated heterocycles. The van der Waals surface area contributed by atoms with E-state index in [2.05, 4.69) is 11.4 Å². The quantitative estimate of drug-likeness (QED) is 0.518. The number of amides is 1. The standard InChI is InChI=1S/C23H22ClNO3S/c1-2-22(26)25-7-8-27-23-19(13-25)10-18(17-4-3-5-20(24)11-17)12-21(23)28-14-16-6-9-29-15-16/h3-6,9-12,15H,2,7-8,13-14H2,1H3. The Morgan fingerprint density at radius 3 is 2.90 bits per heavy atom. The minimum atomic E-state index is 0.121. The maximum absolute atomic E-state index is 12.3. The van der Waals surface area contributed by atoms with Gasteiger partial charge in [-0.3, -0.25) is 4.79 Å². The number of benzene rings is 2. The molecule has 1 aliphatic heterocycles. The number of carbonyl (C=O) groups is 1. The van der Waals surface area contributed by atoms with Gasteiger partial charge in [-0.15, -0.1) is 0 Å². The molecule has 4 rings (SSSR count). The van der Waals surface area contributed by atoms with Crippen LogP contribution in [-0.2, 0) is 17.9 Å². The van der Waals surface area contributed by atoms with Crippen molar-refractivity contribution in [3.05, 3.63) is 69.4 Å². The summed E-state index contributed by atoms with van der Waals surface area (Å²) in [4.78, 5) is 14.2. The van der Waals surface area contributed by atoms with E-state index in [4.69, 9.17) is 21.1 Å². The van der Waals surface area contributed by atoms with Gasteiger partial charge < -0.3 is 14.4 Å². The van der Waals surface area contributed by atoms with Gasteiger partial charge in [-0.05, 0) is 57.8 Å². The topological polar surface area (TPSA) is 38.8 Å². The lowest BCUT2D eigenvalue weighted by molar-refractivity contribution is -0.131. The van der Waals surface area contributed by atoms with Crippen molar-refractivity contribution in [3.63, 3.8) is 0 Å². The van der Waals surface area contributed by atoms with Crippen molar-refractivity contribution in [2.75, 3.05) is 13.2 Å². The Morgan fingerprint density at radius 2 is 2.14 bits per heavy atom. The number of rotatable bonds is 5. The van der Waals surface area contributed by atoms with E-state index in [0.717, 1.165) is 28.0 Å². The normalized spacial score (nSPS) is 13.4. The maximum atomic E-state index is 12.3. The zero-order valence-corrected chi connectivity index (χ0v) is 17.8. The van der Waals surface area contributed by atoms with E-state index in [1.54, 1.807) is 11.3 Å². The molecule has 150 valence electrons. The molecule has 1 aliphatic rings. The van der Waals surface area contributed by atoms with Crippen LogP contribution >= 0.6 is 22.9 Å². The number of hydrogen-bond acceptors (Lipinski definition) is 4. The van der Waals surface area contributed by atoms with Gasteiger partial charge in [0.1, 0.15) is 13.2 Å². The van der Waals surface area contributed by atoms with Gasteiger partial charge >= 0.3 is 0 Å². The fourth-order valence-electron chi connectivity index (χ4n) is 3.40. The van der Waals surface area contributed by atoms with Gasteiger partial charge in [-0.25, -0.2) is 0 Å². The van der Waals surface area contributed by atoms with Gasteiger partial charge in [0.25, 0.3) is 0 Å². The Hall–Kier alpha value is -2.50. The molecule has 0 atom stereocenters. The number of thiophene rings is 1. The first-order valence-corrected chi connectivity index (χ1v) is 10.9.